The van der Waals surface area contributed by atoms with Gasteiger partial charge in [-0.25, -0.2) is 8.42 Å². The second-order valence-electron chi connectivity index (χ2n) is 7.49. The molecule has 1 saturated heterocycles. The van der Waals surface area contributed by atoms with E-state index in [9.17, 15) is 23.1 Å². The lowest BCUT2D eigenvalue weighted by Crippen LogP contribution is -2.57. The van der Waals surface area contributed by atoms with Crippen molar-refractivity contribution in [1.82, 2.24) is 4.90 Å². The standard InChI is InChI=1S/C21H21Cl2NO5S/c1-12(2)24-19(13-6-8-15(22)9-7-13)20(14-4-3-5-16(23)10-14)30(28,29)17(21(24)27)11-18(25)26/h3-10,12,17,19-20H,11H2,1-2H3,(H,25,26)/t17-,19-,20+/m1/s1. The topological polar surface area (TPSA) is 91.8 Å². The maximum Gasteiger partial charge on any atom is 0.305 e. The number of carboxylic acids is 1. The van der Waals surface area contributed by atoms with Gasteiger partial charge < -0.3 is 10.0 Å². The molecule has 1 N–H and O–H groups in total. The number of carboxylic acid groups (broad SMARTS) is 1. The van der Waals surface area contributed by atoms with Crippen molar-refractivity contribution in [3.63, 3.8) is 0 Å². The first kappa shape index (κ1) is 22.6. The Hall–Kier alpha value is -2.09. The van der Waals surface area contributed by atoms with E-state index in [2.05, 4.69) is 0 Å². The summed E-state index contributed by atoms with van der Waals surface area (Å²) in [6.07, 6.45) is -0.797. The molecule has 3 rings (SSSR count). The molecule has 0 unspecified atom stereocenters. The van der Waals surface area contributed by atoms with Crippen LogP contribution in [-0.2, 0) is 19.4 Å². The number of carbonyl (C=O) groups is 2. The molecule has 2 aromatic carbocycles. The molecule has 160 valence electrons. The van der Waals surface area contributed by atoms with Crippen LogP contribution in [0.2, 0.25) is 10.0 Å². The van der Waals surface area contributed by atoms with Gasteiger partial charge in [0.2, 0.25) is 5.91 Å². The largest absolute Gasteiger partial charge is 0.481 e. The Morgan fingerprint density at radius 2 is 1.70 bits per heavy atom. The number of carbonyl (C=O) groups excluding carboxylic acids is 1. The number of rotatable bonds is 5. The van der Waals surface area contributed by atoms with E-state index in [0.717, 1.165) is 0 Å². The zero-order chi connectivity index (χ0) is 22.2. The van der Waals surface area contributed by atoms with Gasteiger partial charge in [0.15, 0.2) is 15.1 Å². The highest BCUT2D eigenvalue weighted by Gasteiger charge is 2.54. The number of nitrogens with zero attached hydrogens (tertiary/aromatic N) is 1. The van der Waals surface area contributed by atoms with Crippen molar-refractivity contribution < 1.29 is 23.1 Å². The molecule has 0 spiro atoms. The third-order valence-corrected chi connectivity index (χ3v) is 8.06. The fourth-order valence-corrected chi connectivity index (χ4v) is 6.56. The number of halogens is 2. The summed E-state index contributed by atoms with van der Waals surface area (Å²) < 4.78 is 27.2. The van der Waals surface area contributed by atoms with Crippen molar-refractivity contribution in [2.45, 2.75) is 42.9 Å². The van der Waals surface area contributed by atoms with Crippen LogP contribution >= 0.6 is 23.2 Å². The first-order valence-corrected chi connectivity index (χ1v) is 11.7. The van der Waals surface area contributed by atoms with Gasteiger partial charge in [-0.05, 0) is 49.2 Å². The van der Waals surface area contributed by atoms with E-state index in [1.165, 1.54) is 4.90 Å². The van der Waals surface area contributed by atoms with Crippen LogP contribution in [-0.4, -0.2) is 41.6 Å². The van der Waals surface area contributed by atoms with Crippen molar-refractivity contribution in [1.29, 1.82) is 0 Å². The minimum absolute atomic E-state index is 0.348. The highest BCUT2D eigenvalue weighted by molar-refractivity contribution is 7.93. The monoisotopic (exact) mass is 469 g/mol. The van der Waals surface area contributed by atoms with Crippen molar-refractivity contribution in [2.24, 2.45) is 0 Å². The molecule has 0 radical (unpaired) electrons. The smallest absolute Gasteiger partial charge is 0.305 e. The molecule has 0 saturated carbocycles. The summed E-state index contributed by atoms with van der Waals surface area (Å²) >= 11 is 12.1. The molecule has 2 aromatic rings. The number of benzene rings is 2. The third-order valence-electron chi connectivity index (χ3n) is 5.17. The van der Waals surface area contributed by atoms with Crippen molar-refractivity contribution in [3.05, 3.63) is 69.7 Å². The van der Waals surface area contributed by atoms with Crippen LogP contribution in [0.3, 0.4) is 0 Å². The van der Waals surface area contributed by atoms with Gasteiger partial charge in [-0.2, -0.15) is 0 Å². The van der Waals surface area contributed by atoms with Gasteiger partial charge in [0.05, 0.1) is 12.5 Å². The van der Waals surface area contributed by atoms with Gasteiger partial charge in [0.25, 0.3) is 0 Å². The predicted octanol–water partition coefficient (Wildman–Crippen LogP) is 4.28. The molecule has 1 heterocycles. The number of hydrogen-bond acceptors (Lipinski definition) is 4. The van der Waals surface area contributed by atoms with Crippen LogP contribution in [0.15, 0.2) is 48.5 Å². The number of aliphatic carboxylic acids is 1. The first-order chi connectivity index (χ1) is 14.0. The molecule has 0 bridgehead atoms. The Balaban J connectivity index is 2.30. The lowest BCUT2D eigenvalue weighted by molar-refractivity contribution is -0.143. The molecule has 1 amide bonds. The van der Waals surface area contributed by atoms with E-state index in [1.54, 1.807) is 62.4 Å². The summed E-state index contributed by atoms with van der Waals surface area (Å²) in [5, 5.41) is 7.25. The van der Waals surface area contributed by atoms with E-state index in [-0.39, 0.29) is 6.04 Å². The van der Waals surface area contributed by atoms with Crippen LogP contribution in [0.4, 0.5) is 0 Å². The van der Waals surface area contributed by atoms with Gasteiger partial charge >= 0.3 is 5.97 Å². The summed E-state index contributed by atoms with van der Waals surface area (Å²) in [5.41, 5.74) is 0.986. The van der Waals surface area contributed by atoms with Crippen LogP contribution in [0.25, 0.3) is 0 Å². The third kappa shape index (κ3) is 4.19. The van der Waals surface area contributed by atoms with E-state index in [0.29, 0.717) is 21.2 Å². The highest BCUT2D eigenvalue weighted by atomic mass is 35.5. The SMILES string of the molecule is CC(C)N1C(=O)[C@@H](CC(=O)O)S(=O)(=O)[C@@H](c2cccc(Cl)c2)[C@H]1c1ccc(Cl)cc1. The summed E-state index contributed by atoms with van der Waals surface area (Å²) in [6, 6.07) is 11.8. The van der Waals surface area contributed by atoms with Crippen LogP contribution in [0.1, 0.15) is 42.7 Å². The van der Waals surface area contributed by atoms with E-state index < -0.39 is 44.7 Å². The Labute approximate surface area is 185 Å². The molecule has 1 aliphatic rings. The molecular formula is C21H21Cl2NO5S. The second-order valence-corrected chi connectivity index (χ2v) is 10.6. The summed E-state index contributed by atoms with van der Waals surface area (Å²) in [6.45, 7) is 3.54. The Kier molecular flexibility index (Phi) is 6.45. The van der Waals surface area contributed by atoms with Gasteiger partial charge in [0.1, 0.15) is 5.25 Å². The van der Waals surface area contributed by atoms with Gasteiger partial charge in [-0.15, -0.1) is 0 Å². The predicted molar refractivity (Wildman–Crippen MR) is 115 cm³/mol. The number of amides is 1. The second kappa shape index (κ2) is 8.57. The molecule has 6 nitrogen and oxygen atoms in total. The molecule has 3 atom stereocenters. The van der Waals surface area contributed by atoms with Crippen molar-refractivity contribution in [2.75, 3.05) is 0 Å². The molecule has 1 fully saturated rings. The number of hydrogen-bond donors (Lipinski definition) is 1. The van der Waals surface area contributed by atoms with E-state index in [1.807, 2.05) is 0 Å². The molecular weight excluding hydrogens is 449 g/mol. The molecule has 9 heteroatoms. The summed E-state index contributed by atoms with van der Waals surface area (Å²) in [4.78, 5) is 26.1. The van der Waals surface area contributed by atoms with Crippen molar-refractivity contribution in [3.8, 4) is 0 Å². The lowest BCUT2D eigenvalue weighted by Gasteiger charge is -2.46. The van der Waals surface area contributed by atoms with Crippen molar-refractivity contribution >= 4 is 44.9 Å². The Morgan fingerprint density at radius 3 is 2.23 bits per heavy atom. The highest BCUT2D eigenvalue weighted by Crippen LogP contribution is 2.47. The fraction of sp³-hybridized carbons (Fsp3) is 0.333. The van der Waals surface area contributed by atoms with Gasteiger partial charge in [0, 0.05) is 16.1 Å². The van der Waals surface area contributed by atoms with Crippen LogP contribution < -0.4 is 0 Å². The normalized spacial score (nSPS) is 23.6. The van der Waals surface area contributed by atoms with Gasteiger partial charge in [-0.3, -0.25) is 9.59 Å². The average molecular weight is 470 g/mol. The molecule has 0 aliphatic carbocycles. The van der Waals surface area contributed by atoms with Crippen LogP contribution in [0.5, 0.6) is 0 Å². The molecule has 30 heavy (non-hydrogen) atoms. The minimum Gasteiger partial charge on any atom is -0.481 e. The Morgan fingerprint density at radius 1 is 1.07 bits per heavy atom. The quantitative estimate of drug-likeness (QED) is 0.704. The van der Waals surface area contributed by atoms with Gasteiger partial charge in [-0.1, -0.05) is 47.5 Å². The van der Waals surface area contributed by atoms with E-state index in [4.69, 9.17) is 23.2 Å². The Bertz CT molecular complexity index is 1070. The molecule has 1 aliphatic heterocycles. The zero-order valence-corrected chi connectivity index (χ0v) is 18.7. The maximum atomic E-state index is 13.6. The first-order valence-electron chi connectivity index (χ1n) is 9.31. The maximum absolute atomic E-state index is 13.6. The lowest BCUT2D eigenvalue weighted by atomic mass is 9.94. The average Bonchev–Trinajstić information content (AvgIpc) is 2.64. The van der Waals surface area contributed by atoms with Crippen LogP contribution in [0, 0.1) is 0 Å². The summed E-state index contributed by atoms with van der Waals surface area (Å²) in [5.74, 6) is -2.07. The van der Waals surface area contributed by atoms with E-state index >= 15 is 0 Å². The minimum atomic E-state index is -4.22. The number of sulfone groups is 1. The fourth-order valence-electron chi connectivity index (χ4n) is 3.94. The summed E-state index contributed by atoms with van der Waals surface area (Å²) in [7, 11) is -4.22. The molecule has 0 aromatic heterocycles. The zero-order valence-electron chi connectivity index (χ0n) is 16.3.